The molecule has 102 valence electrons. The third-order valence-electron chi connectivity index (χ3n) is 2.42. The molecule has 1 amide bonds. The number of aromatic carboxylic acids is 1. The molecule has 0 saturated heterocycles. The van der Waals surface area contributed by atoms with Crippen LogP contribution < -0.4 is 10.5 Å². The van der Waals surface area contributed by atoms with E-state index < -0.39 is 23.3 Å². The summed E-state index contributed by atoms with van der Waals surface area (Å²) in [4.78, 5) is 25.6. The van der Waals surface area contributed by atoms with Crippen molar-refractivity contribution in [1.82, 2.24) is 4.98 Å². The lowest BCUT2D eigenvalue weighted by Crippen LogP contribution is -2.14. The van der Waals surface area contributed by atoms with E-state index in [1.165, 1.54) is 24.3 Å². The molecule has 1 aromatic carbocycles. The SMILES string of the molecule is NC(=O)c1c(F)cccc1Oc1ccc(C(=O)O)cn1. The Kier molecular flexibility index (Phi) is 3.60. The number of nitrogens with two attached hydrogens (primary N) is 1. The van der Waals surface area contributed by atoms with Crippen LogP contribution in [0.1, 0.15) is 20.7 Å². The lowest BCUT2D eigenvalue weighted by Gasteiger charge is -2.08. The molecule has 0 aliphatic carbocycles. The number of ether oxygens (including phenoxy) is 1. The summed E-state index contributed by atoms with van der Waals surface area (Å²) in [6.07, 6.45) is 1.08. The highest BCUT2D eigenvalue weighted by Crippen LogP contribution is 2.25. The van der Waals surface area contributed by atoms with E-state index in [1.54, 1.807) is 0 Å². The molecule has 0 bridgehead atoms. The number of pyridine rings is 1. The highest BCUT2D eigenvalue weighted by atomic mass is 19.1. The smallest absolute Gasteiger partial charge is 0.337 e. The van der Waals surface area contributed by atoms with Gasteiger partial charge in [0.05, 0.1) is 5.56 Å². The van der Waals surface area contributed by atoms with Crippen molar-refractivity contribution in [3.63, 3.8) is 0 Å². The third-order valence-corrected chi connectivity index (χ3v) is 2.42. The van der Waals surface area contributed by atoms with E-state index in [0.717, 1.165) is 12.3 Å². The molecule has 0 radical (unpaired) electrons. The topological polar surface area (TPSA) is 103 Å². The van der Waals surface area contributed by atoms with Gasteiger partial charge in [-0.1, -0.05) is 6.07 Å². The summed E-state index contributed by atoms with van der Waals surface area (Å²) in [6, 6.07) is 6.35. The van der Waals surface area contributed by atoms with Crippen molar-refractivity contribution >= 4 is 11.9 Å². The zero-order valence-electron chi connectivity index (χ0n) is 10.0. The standard InChI is InChI=1S/C13H9FN2O4/c14-8-2-1-3-9(11(8)12(15)17)20-10-5-4-7(6-16-10)13(18)19/h1-6H,(H2,15,17)(H,18,19). The Balaban J connectivity index is 2.33. The van der Waals surface area contributed by atoms with Crippen molar-refractivity contribution < 1.29 is 23.8 Å². The first-order chi connectivity index (χ1) is 9.49. The second-order valence-electron chi connectivity index (χ2n) is 3.77. The fourth-order valence-corrected chi connectivity index (χ4v) is 1.51. The number of aromatic nitrogens is 1. The Hall–Kier alpha value is -2.96. The Labute approximate surface area is 112 Å². The maximum absolute atomic E-state index is 13.5. The lowest BCUT2D eigenvalue weighted by molar-refractivity contribution is 0.0696. The number of carboxylic acids is 1. The van der Waals surface area contributed by atoms with Gasteiger partial charge in [-0.25, -0.2) is 14.2 Å². The van der Waals surface area contributed by atoms with Gasteiger partial charge >= 0.3 is 5.97 Å². The fourth-order valence-electron chi connectivity index (χ4n) is 1.51. The van der Waals surface area contributed by atoms with Crippen LogP contribution in [0.15, 0.2) is 36.5 Å². The van der Waals surface area contributed by atoms with Crippen molar-refractivity contribution in [1.29, 1.82) is 0 Å². The molecule has 6 nitrogen and oxygen atoms in total. The number of rotatable bonds is 4. The van der Waals surface area contributed by atoms with Crippen LogP contribution in [-0.4, -0.2) is 22.0 Å². The molecule has 0 aliphatic heterocycles. The summed E-state index contributed by atoms with van der Waals surface area (Å²) < 4.78 is 18.7. The van der Waals surface area contributed by atoms with Crippen LogP contribution in [0.25, 0.3) is 0 Å². The minimum atomic E-state index is -1.13. The second kappa shape index (κ2) is 5.35. The first kappa shape index (κ1) is 13.5. The highest BCUT2D eigenvalue weighted by Gasteiger charge is 2.16. The van der Waals surface area contributed by atoms with Gasteiger partial charge < -0.3 is 15.6 Å². The van der Waals surface area contributed by atoms with Gasteiger partial charge in [0.2, 0.25) is 5.88 Å². The second-order valence-corrected chi connectivity index (χ2v) is 3.77. The van der Waals surface area contributed by atoms with Crippen LogP contribution in [0.3, 0.4) is 0 Å². The molecule has 2 rings (SSSR count). The number of nitrogens with zero attached hydrogens (tertiary/aromatic N) is 1. The summed E-state index contributed by atoms with van der Waals surface area (Å²) in [5.74, 6) is -2.98. The quantitative estimate of drug-likeness (QED) is 0.886. The Morgan fingerprint density at radius 3 is 2.55 bits per heavy atom. The molecule has 0 saturated carbocycles. The average Bonchev–Trinajstić information content (AvgIpc) is 2.39. The number of hydrogen-bond acceptors (Lipinski definition) is 4. The summed E-state index contributed by atoms with van der Waals surface area (Å²) in [7, 11) is 0. The van der Waals surface area contributed by atoms with E-state index in [4.69, 9.17) is 15.6 Å². The summed E-state index contributed by atoms with van der Waals surface area (Å²) >= 11 is 0. The predicted molar refractivity (Wildman–Crippen MR) is 66.2 cm³/mol. The highest BCUT2D eigenvalue weighted by molar-refractivity contribution is 5.96. The van der Waals surface area contributed by atoms with Crippen LogP contribution in [0, 0.1) is 5.82 Å². The van der Waals surface area contributed by atoms with Gasteiger partial charge in [0.25, 0.3) is 5.91 Å². The Morgan fingerprint density at radius 1 is 1.25 bits per heavy atom. The van der Waals surface area contributed by atoms with Crippen LogP contribution in [0.4, 0.5) is 4.39 Å². The number of amides is 1. The minimum Gasteiger partial charge on any atom is -0.478 e. The van der Waals surface area contributed by atoms with Gasteiger partial charge in [-0.3, -0.25) is 4.79 Å². The number of primary amides is 1. The predicted octanol–water partition coefficient (Wildman–Crippen LogP) is 1.81. The van der Waals surface area contributed by atoms with Gasteiger partial charge in [-0.15, -0.1) is 0 Å². The zero-order valence-corrected chi connectivity index (χ0v) is 10.0. The molecular weight excluding hydrogens is 267 g/mol. The number of carbonyl (C=O) groups is 2. The summed E-state index contributed by atoms with van der Waals surface area (Å²) in [5.41, 5.74) is 4.66. The largest absolute Gasteiger partial charge is 0.478 e. The number of halogens is 1. The van der Waals surface area contributed by atoms with Crippen LogP contribution >= 0.6 is 0 Å². The molecule has 0 atom stereocenters. The molecule has 0 spiro atoms. The third kappa shape index (κ3) is 2.72. The molecule has 0 unspecified atom stereocenters. The molecule has 0 aliphatic rings. The monoisotopic (exact) mass is 276 g/mol. The zero-order chi connectivity index (χ0) is 14.7. The maximum atomic E-state index is 13.5. The average molecular weight is 276 g/mol. The fraction of sp³-hybridized carbons (Fsp3) is 0. The maximum Gasteiger partial charge on any atom is 0.337 e. The van der Waals surface area contributed by atoms with E-state index in [-0.39, 0.29) is 17.2 Å². The number of carboxylic acid groups (broad SMARTS) is 1. The Bertz CT molecular complexity index is 671. The van der Waals surface area contributed by atoms with Crippen molar-refractivity contribution in [2.45, 2.75) is 0 Å². The van der Waals surface area contributed by atoms with Gasteiger partial charge in [0, 0.05) is 12.3 Å². The molecule has 1 heterocycles. The Morgan fingerprint density at radius 2 is 2.00 bits per heavy atom. The number of hydrogen-bond donors (Lipinski definition) is 2. The molecular formula is C13H9FN2O4. The van der Waals surface area contributed by atoms with Gasteiger partial charge in [-0.05, 0) is 18.2 Å². The molecule has 2 aromatic rings. The number of benzene rings is 1. The lowest BCUT2D eigenvalue weighted by atomic mass is 10.2. The first-order valence-corrected chi connectivity index (χ1v) is 5.44. The molecule has 0 fully saturated rings. The van der Waals surface area contributed by atoms with E-state index in [1.807, 2.05) is 0 Å². The van der Waals surface area contributed by atoms with Gasteiger partial charge in [-0.2, -0.15) is 0 Å². The van der Waals surface area contributed by atoms with E-state index in [0.29, 0.717) is 0 Å². The normalized spacial score (nSPS) is 10.1. The number of carbonyl (C=O) groups excluding carboxylic acids is 1. The van der Waals surface area contributed by atoms with Crippen molar-refractivity contribution in [2.24, 2.45) is 5.73 Å². The van der Waals surface area contributed by atoms with Crippen molar-refractivity contribution in [2.75, 3.05) is 0 Å². The molecule has 3 N–H and O–H groups in total. The molecule has 20 heavy (non-hydrogen) atoms. The van der Waals surface area contributed by atoms with Gasteiger partial charge in [0.15, 0.2) is 0 Å². The first-order valence-electron chi connectivity index (χ1n) is 5.44. The van der Waals surface area contributed by atoms with Crippen LogP contribution in [-0.2, 0) is 0 Å². The van der Waals surface area contributed by atoms with E-state index in [2.05, 4.69) is 4.98 Å². The van der Waals surface area contributed by atoms with Gasteiger partial charge in [0.1, 0.15) is 17.1 Å². The van der Waals surface area contributed by atoms with Crippen molar-refractivity contribution in [3.05, 3.63) is 53.5 Å². The summed E-state index contributed by atoms with van der Waals surface area (Å²) in [5, 5.41) is 8.73. The molecule has 7 heteroatoms. The van der Waals surface area contributed by atoms with Crippen LogP contribution in [0.2, 0.25) is 0 Å². The van der Waals surface area contributed by atoms with Crippen LogP contribution in [0.5, 0.6) is 11.6 Å². The van der Waals surface area contributed by atoms with E-state index >= 15 is 0 Å². The molecule has 1 aromatic heterocycles. The van der Waals surface area contributed by atoms with E-state index in [9.17, 15) is 14.0 Å². The minimum absolute atomic E-state index is 0.0168. The van der Waals surface area contributed by atoms with Crippen molar-refractivity contribution in [3.8, 4) is 11.6 Å². The summed E-state index contributed by atoms with van der Waals surface area (Å²) in [6.45, 7) is 0.